The molecule has 0 aromatic rings. The van der Waals surface area contributed by atoms with Crippen molar-refractivity contribution in [2.45, 2.75) is 25.6 Å². The zero-order chi connectivity index (χ0) is 12.5. The standard InChI is InChI=1S/C9H13FN2O4/c1-9(2,4-16-3)12-7(14)5(10)6(13)11-8(12)15/h5H,4H2,1-3H3,(H,11,13,15). The molecule has 0 radical (unpaired) electrons. The van der Waals surface area contributed by atoms with E-state index < -0.39 is 29.6 Å². The Hall–Kier alpha value is -1.50. The van der Waals surface area contributed by atoms with Crippen molar-refractivity contribution in [2.24, 2.45) is 0 Å². The molecule has 1 atom stereocenters. The third-order valence-corrected chi connectivity index (χ3v) is 2.20. The van der Waals surface area contributed by atoms with Gasteiger partial charge in [-0.15, -0.1) is 0 Å². The molecule has 1 rings (SSSR count). The number of carbonyl (C=O) groups excluding carboxylic acids is 3. The zero-order valence-corrected chi connectivity index (χ0v) is 9.24. The molecule has 90 valence electrons. The third-order valence-electron chi connectivity index (χ3n) is 2.20. The van der Waals surface area contributed by atoms with Gasteiger partial charge in [-0.2, -0.15) is 0 Å². The number of halogens is 1. The molecule has 0 spiro atoms. The predicted octanol–water partition coefficient (Wildman–Crippen LogP) is -0.172. The first-order valence-corrected chi connectivity index (χ1v) is 4.63. The van der Waals surface area contributed by atoms with Crippen LogP contribution in [-0.2, 0) is 14.3 Å². The minimum Gasteiger partial charge on any atom is -0.382 e. The fraction of sp³-hybridized carbons (Fsp3) is 0.667. The van der Waals surface area contributed by atoms with Crippen molar-refractivity contribution in [3.05, 3.63) is 0 Å². The number of nitrogens with one attached hydrogen (secondary N) is 1. The largest absolute Gasteiger partial charge is 0.382 e. The maximum Gasteiger partial charge on any atom is 0.331 e. The SMILES string of the molecule is COCC(C)(C)N1C(=O)NC(=O)C(F)C1=O. The van der Waals surface area contributed by atoms with Crippen LogP contribution in [0.3, 0.4) is 0 Å². The highest BCUT2D eigenvalue weighted by molar-refractivity contribution is 6.18. The molecule has 7 heteroatoms. The highest BCUT2D eigenvalue weighted by Gasteiger charge is 2.47. The Labute approximate surface area is 91.7 Å². The molecule has 1 aliphatic heterocycles. The number of barbiturate groups is 1. The predicted molar refractivity (Wildman–Crippen MR) is 51.2 cm³/mol. The molecule has 0 aromatic carbocycles. The summed E-state index contributed by atoms with van der Waals surface area (Å²) in [6.45, 7) is 3.13. The smallest absolute Gasteiger partial charge is 0.331 e. The van der Waals surface area contributed by atoms with Crippen LogP contribution in [0.15, 0.2) is 0 Å². The second-order valence-electron chi connectivity index (χ2n) is 4.08. The molecule has 4 amide bonds. The van der Waals surface area contributed by atoms with Crippen molar-refractivity contribution in [1.82, 2.24) is 10.2 Å². The molecule has 1 unspecified atom stereocenters. The van der Waals surface area contributed by atoms with E-state index >= 15 is 0 Å². The molecule has 0 aromatic heterocycles. The summed E-state index contributed by atoms with van der Waals surface area (Å²) in [4.78, 5) is 34.4. The van der Waals surface area contributed by atoms with E-state index in [0.29, 0.717) is 4.90 Å². The number of urea groups is 1. The lowest BCUT2D eigenvalue weighted by atomic mass is 10.0. The van der Waals surface area contributed by atoms with Crippen molar-refractivity contribution in [3.8, 4) is 0 Å². The lowest BCUT2D eigenvalue weighted by molar-refractivity contribution is -0.148. The van der Waals surface area contributed by atoms with Crippen LogP contribution in [0.4, 0.5) is 9.18 Å². The first-order chi connectivity index (χ1) is 7.31. The summed E-state index contributed by atoms with van der Waals surface area (Å²) in [5, 5.41) is 1.77. The van der Waals surface area contributed by atoms with Gasteiger partial charge in [0.25, 0.3) is 18.0 Å². The summed E-state index contributed by atoms with van der Waals surface area (Å²) in [7, 11) is 1.39. The number of carbonyl (C=O) groups is 3. The van der Waals surface area contributed by atoms with E-state index in [0.717, 1.165) is 0 Å². The number of hydrogen-bond acceptors (Lipinski definition) is 4. The Morgan fingerprint density at radius 2 is 2.00 bits per heavy atom. The van der Waals surface area contributed by atoms with Gasteiger partial charge in [-0.3, -0.25) is 19.8 Å². The minimum atomic E-state index is -2.34. The molecule has 1 N–H and O–H groups in total. The Balaban J connectivity index is 2.99. The van der Waals surface area contributed by atoms with Crippen molar-refractivity contribution >= 4 is 17.8 Å². The molecule has 6 nitrogen and oxygen atoms in total. The number of ether oxygens (including phenoxy) is 1. The van der Waals surface area contributed by atoms with Gasteiger partial charge in [0.15, 0.2) is 0 Å². The molecule has 0 bridgehead atoms. The monoisotopic (exact) mass is 232 g/mol. The van der Waals surface area contributed by atoms with Crippen molar-refractivity contribution in [3.63, 3.8) is 0 Å². The number of methoxy groups -OCH3 is 1. The number of rotatable bonds is 3. The van der Waals surface area contributed by atoms with Gasteiger partial charge < -0.3 is 4.74 Å². The second-order valence-corrected chi connectivity index (χ2v) is 4.08. The van der Waals surface area contributed by atoms with Crippen molar-refractivity contribution < 1.29 is 23.5 Å². The van der Waals surface area contributed by atoms with Crippen LogP contribution < -0.4 is 5.32 Å². The lowest BCUT2D eigenvalue weighted by Crippen LogP contribution is -2.66. The van der Waals surface area contributed by atoms with Crippen LogP contribution in [0.5, 0.6) is 0 Å². The maximum atomic E-state index is 13.2. The molecular formula is C9H13FN2O4. The zero-order valence-electron chi connectivity index (χ0n) is 9.24. The van der Waals surface area contributed by atoms with E-state index in [-0.39, 0.29) is 6.61 Å². The Bertz CT molecular complexity index is 342. The van der Waals surface area contributed by atoms with Gasteiger partial charge >= 0.3 is 6.03 Å². The number of nitrogens with zero attached hydrogens (tertiary/aromatic N) is 1. The number of alkyl halides is 1. The third kappa shape index (κ3) is 2.04. The molecule has 1 saturated heterocycles. The summed E-state index contributed by atoms with van der Waals surface area (Å²) in [5.41, 5.74) is -1.01. The highest BCUT2D eigenvalue weighted by Crippen LogP contribution is 2.20. The lowest BCUT2D eigenvalue weighted by Gasteiger charge is -2.38. The van der Waals surface area contributed by atoms with Gasteiger partial charge in [0, 0.05) is 7.11 Å². The highest BCUT2D eigenvalue weighted by atomic mass is 19.1. The first-order valence-electron chi connectivity index (χ1n) is 4.63. The van der Waals surface area contributed by atoms with Gasteiger partial charge in [0.2, 0.25) is 0 Å². The van der Waals surface area contributed by atoms with Crippen molar-refractivity contribution in [1.29, 1.82) is 0 Å². The topological polar surface area (TPSA) is 75.7 Å². The Kier molecular flexibility index (Phi) is 3.27. The van der Waals surface area contributed by atoms with Crippen LogP contribution in [0.2, 0.25) is 0 Å². The van der Waals surface area contributed by atoms with E-state index in [1.165, 1.54) is 21.0 Å². The molecule has 1 aliphatic rings. The van der Waals surface area contributed by atoms with Gasteiger partial charge in [0.05, 0.1) is 12.1 Å². The van der Waals surface area contributed by atoms with E-state index in [2.05, 4.69) is 0 Å². The van der Waals surface area contributed by atoms with E-state index in [1.54, 1.807) is 5.32 Å². The van der Waals surface area contributed by atoms with Gasteiger partial charge in [0.1, 0.15) is 0 Å². The van der Waals surface area contributed by atoms with E-state index in [1.807, 2.05) is 0 Å². The fourth-order valence-corrected chi connectivity index (χ4v) is 1.54. The van der Waals surface area contributed by atoms with Crippen LogP contribution in [-0.4, -0.2) is 48.2 Å². The van der Waals surface area contributed by atoms with Gasteiger partial charge in [-0.1, -0.05) is 0 Å². The minimum absolute atomic E-state index is 0.0487. The Morgan fingerprint density at radius 3 is 2.50 bits per heavy atom. The summed E-state index contributed by atoms with van der Waals surface area (Å²) in [6.07, 6.45) is -2.34. The average molecular weight is 232 g/mol. The second kappa shape index (κ2) is 4.17. The maximum absolute atomic E-state index is 13.2. The first kappa shape index (κ1) is 12.6. The summed E-state index contributed by atoms with van der Waals surface area (Å²) in [6, 6.07) is -0.925. The summed E-state index contributed by atoms with van der Waals surface area (Å²) in [5.74, 6) is -2.38. The fourth-order valence-electron chi connectivity index (χ4n) is 1.54. The van der Waals surface area contributed by atoms with E-state index in [9.17, 15) is 18.8 Å². The molecular weight excluding hydrogens is 219 g/mol. The van der Waals surface area contributed by atoms with E-state index in [4.69, 9.17) is 4.74 Å². The van der Waals surface area contributed by atoms with Crippen LogP contribution in [0.1, 0.15) is 13.8 Å². The number of imide groups is 2. The van der Waals surface area contributed by atoms with Crippen LogP contribution in [0.25, 0.3) is 0 Å². The Morgan fingerprint density at radius 1 is 1.44 bits per heavy atom. The van der Waals surface area contributed by atoms with Crippen LogP contribution >= 0.6 is 0 Å². The van der Waals surface area contributed by atoms with Crippen molar-refractivity contribution in [2.75, 3.05) is 13.7 Å². The van der Waals surface area contributed by atoms with Gasteiger partial charge in [-0.25, -0.2) is 9.18 Å². The molecule has 1 heterocycles. The molecule has 16 heavy (non-hydrogen) atoms. The normalized spacial score (nSPS) is 22.4. The van der Waals surface area contributed by atoms with Crippen LogP contribution in [0, 0.1) is 0 Å². The number of amides is 4. The number of hydrogen-bond donors (Lipinski definition) is 1. The summed E-state index contributed by atoms with van der Waals surface area (Å²) >= 11 is 0. The molecule has 0 aliphatic carbocycles. The summed E-state index contributed by atoms with van der Waals surface area (Å²) < 4.78 is 18.0. The average Bonchev–Trinajstić information content (AvgIpc) is 2.13. The molecule has 1 fully saturated rings. The quantitative estimate of drug-likeness (QED) is 0.685. The molecule has 0 saturated carbocycles. The van der Waals surface area contributed by atoms with Gasteiger partial charge in [-0.05, 0) is 13.8 Å².